The lowest BCUT2D eigenvalue weighted by atomic mass is 9.98. The third kappa shape index (κ3) is 4.67. The largest absolute Gasteiger partial charge is 0.444 e. The minimum absolute atomic E-state index is 0.0118. The molecule has 4 heterocycles. The normalized spacial score (nSPS) is 25.4. The van der Waals surface area contributed by atoms with E-state index >= 15 is 8.78 Å². The van der Waals surface area contributed by atoms with E-state index in [9.17, 15) is 4.79 Å². The van der Waals surface area contributed by atoms with E-state index in [0.717, 1.165) is 66.2 Å². The zero-order valence-electron chi connectivity index (χ0n) is 28.4. The molecular weight excluding hydrogens is 634 g/mol. The number of aromatic amines is 2. The molecule has 3 aromatic carbocycles. The summed E-state index contributed by atoms with van der Waals surface area (Å²) < 4.78 is 38.3. The Labute approximate surface area is 289 Å². The van der Waals surface area contributed by atoms with Gasteiger partial charge in [-0.3, -0.25) is 4.90 Å². The number of aromatic nitrogens is 4. The Bertz CT molecular complexity index is 2210. The second kappa shape index (κ2) is 10.2. The van der Waals surface area contributed by atoms with Gasteiger partial charge in [0.15, 0.2) is 0 Å². The van der Waals surface area contributed by atoms with Crippen molar-refractivity contribution in [3.8, 4) is 33.5 Å². The van der Waals surface area contributed by atoms with Gasteiger partial charge in [0.05, 0.1) is 35.0 Å². The van der Waals surface area contributed by atoms with Crippen LogP contribution in [-0.2, 0) is 10.7 Å². The number of rotatable bonds is 4. The third-order valence-electron chi connectivity index (χ3n) is 11.9. The first-order valence-electron chi connectivity index (χ1n) is 17.9. The van der Waals surface area contributed by atoms with Gasteiger partial charge in [-0.1, -0.05) is 30.3 Å². The highest BCUT2D eigenvalue weighted by Crippen LogP contribution is 2.55. The highest BCUT2D eigenvalue weighted by atomic mass is 19.3. The molecule has 5 aromatic rings. The van der Waals surface area contributed by atoms with Gasteiger partial charge in [0.1, 0.15) is 17.2 Å². The summed E-state index contributed by atoms with van der Waals surface area (Å²) in [6.07, 6.45) is 8.03. The fourth-order valence-corrected chi connectivity index (χ4v) is 9.17. The summed E-state index contributed by atoms with van der Waals surface area (Å²) in [7, 11) is 0. The molecule has 4 unspecified atom stereocenters. The maximum absolute atomic E-state index is 16.3. The van der Waals surface area contributed by atoms with Crippen molar-refractivity contribution < 1.29 is 18.3 Å². The van der Waals surface area contributed by atoms with E-state index in [1.54, 1.807) is 18.3 Å². The molecule has 5 aliphatic rings. The molecule has 10 heteroatoms. The second-order valence-corrected chi connectivity index (χ2v) is 16.3. The number of imidazole rings is 2. The Balaban J connectivity index is 0.932. The number of alkyl halides is 2. The predicted molar refractivity (Wildman–Crippen MR) is 187 cm³/mol. The standard InChI is InChI=1S/C40H40F2N6O2/c1-38(2,3)50-37(49)48-25-8-4-24(14-25)34(48)36-45-30-11-7-22(17-31(30)46-36)21-5-9-26-27-10-6-23(16-29(27)40(41,42)28(26)15-21)33-19-43-35(47-33)32-18-39(12-13-39)20-44-32/h5-7,9-11,15-17,19,24-25,32,34,44H,4,8,12-14,18,20H2,1-3H3,(H,43,47)(H,45,46). The van der Waals surface area contributed by atoms with Crippen molar-refractivity contribution in [2.24, 2.45) is 11.3 Å². The number of carbonyl (C=O) groups excluding carboxylic acids is 1. The van der Waals surface area contributed by atoms with Gasteiger partial charge in [0.2, 0.25) is 0 Å². The van der Waals surface area contributed by atoms with Gasteiger partial charge in [0.25, 0.3) is 5.92 Å². The Morgan fingerprint density at radius 1 is 0.920 bits per heavy atom. The molecule has 4 atom stereocenters. The Kier molecular flexibility index (Phi) is 6.20. The van der Waals surface area contributed by atoms with Crippen LogP contribution in [0.2, 0.25) is 0 Å². The minimum Gasteiger partial charge on any atom is -0.444 e. The van der Waals surface area contributed by atoms with Gasteiger partial charge in [-0.25, -0.2) is 14.8 Å². The number of hydrogen-bond donors (Lipinski definition) is 3. The van der Waals surface area contributed by atoms with Crippen molar-refractivity contribution in [2.45, 2.75) is 88.9 Å². The lowest BCUT2D eigenvalue weighted by molar-refractivity contribution is 0.00621. The van der Waals surface area contributed by atoms with Crippen molar-refractivity contribution in [2.75, 3.05) is 6.54 Å². The van der Waals surface area contributed by atoms with Crippen LogP contribution in [-0.4, -0.2) is 49.1 Å². The summed E-state index contributed by atoms with van der Waals surface area (Å²) in [6.45, 7) is 6.67. The van der Waals surface area contributed by atoms with Crippen LogP contribution in [0.4, 0.5) is 13.6 Å². The molecule has 3 N–H and O–H groups in total. The van der Waals surface area contributed by atoms with Gasteiger partial charge in [-0.15, -0.1) is 0 Å². The van der Waals surface area contributed by atoms with Crippen LogP contribution < -0.4 is 5.32 Å². The number of H-pyrrole nitrogens is 2. The van der Waals surface area contributed by atoms with E-state index in [1.807, 2.05) is 68.1 Å². The topological polar surface area (TPSA) is 98.9 Å². The number of nitrogens with zero attached hydrogens (tertiary/aromatic N) is 3. The van der Waals surface area contributed by atoms with E-state index in [2.05, 4.69) is 20.3 Å². The van der Waals surface area contributed by atoms with Crippen molar-refractivity contribution in [1.29, 1.82) is 0 Å². The molecule has 2 aromatic heterocycles. The molecule has 8 nitrogen and oxygen atoms in total. The van der Waals surface area contributed by atoms with Gasteiger partial charge in [-0.05, 0) is 117 Å². The fraction of sp³-hybridized carbons (Fsp3) is 0.425. The number of ether oxygens (including phenoxy) is 1. The average molecular weight is 675 g/mol. The maximum Gasteiger partial charge on any atom is 0.411 e. The molecule has 2 saturated heterocycles. The van der Waals surface area contributed by atoms with E-state index in [0.29, 0.717) is 33.6 Å². The number of halogens is 2. The van der Waals surface area contributed by atoms with E-state index in [-0.39, 0.29) is 35.3 Å². The lowest BCUT2D eigenvalue weighted by Crippen LogP contribution is -2.43. The smallest absolute Gasteiger partial charge is 0.411 e. The molecule has 2 aliphatic heterocycles. The fourth-order valence-electron chi connectivity index (χ4n) is 9.17. The first-order valence-corrected chi connectivity index (χ1v) is 17.9. The van der Waals surface area contributed by atoms with Gasteiger partial charge in [0, 0.05) is 29.3 Å². The van der Waals surface area contributed by atoms with Crippen molar-refractivity contribution in [3.05, 3.63) is 83.6 Å². The quantitative estimate of drug-likeness (QED) is 0.177. The molecule has 10 rings (SSSR count). The number of likely N-dealkylation sites (tertiary alicyclic amines) is 1. The van der Waals surface area contributed by atoms with Crippen LogP contribution in [0, 0.1) is 11.3 Å². The van der Waals surface area contributed by atoms with E-state index in [4.69, 9.17) is 9.72 Å². The second-order valence-electron chi connectivity index (χ2n) is 16.3. The number of amides is 1. The van der Waals surface area contributed by atoms with Crippen molar-refractivity contribution >= 4 is 17.1 Å². The number of hydrogen-bond acceptors (Lipinski definition) is 5. The summed E-state index contributed by atoms with van der Waals surface area (Å²) in [4.78, 5) is 31.6. The molecule has 1 amide bonds. The molecule has 50 heavy (non-hydrogen) atoms. The van der Waals surface area contributed by atoms with Crippen LogP contribution in [0.25, 0.3) is 44.5 Å². The van der Waals surface area contributed by atoms with Crippen molar-refractivity contribution in [3.63, 3.8) is 0 Å². The van der Waals surface area contributed by atoms with Crippen LogP contribution in [0.1, 0.15) is 94.2 Å². The SMILES string of the molecule is CC(C)(C)OC(=O)N1C2CCC(C2)C1c1nc2ccc(-c3ccc4c(c3)C(F)(F)c3cc(-c5cnc(C6CC7(CC7)CN6)[nH]5)ccc3-4)cc2[nH]1. The van der Waals surface area contributed by atoms with Crippen LogP contribution >= 0.6 is 0 Å². The zero-order valence-corrected chi connectivity index (χ0v) is 28.4. The highest BCUT2D eigenvalue weighted by Gasteiger charge is 2.52. The molecular formula is C40H40F2N6O2. The Morgan fingerprint density at radius 3 is 2.38 bits per heavy atom. The van der Waals surface area contributed by atoms with Crippen LogP contribution in [0.3, 0.4) is 0 Å². The first-order chi connectivity index (χ1) is 23.9. The summed E-state index contributed by atoms with van der Waals surface area (Å²) in [5, 5.41) is 3.58. The first kappa shape index (κ1) is 30.3. The number of piperidine rings is 1. The zero-order chi connectivity index (χ0) is 34.2. The predicted octanol–water partition coefficient (Wildman–Crippen LogP) is 9.02. The van der Waals surface area contributed by atoms with Gasteiger partial charge >= 0.3 is 6.09 Å². The average Bonchev–Trinajstić information content (AvgIpc) is 3.73. The monoisotopic (exact) mass is 674 g/mol. The molecule has 2 saturated carbocycles. The summed E-state index contributed by atoms with van der Waals surface area (Å²) in [5.74, 6) is -1.20. The lowest BCUT2D eigenvalue weighted by Gasteiger charge is -2.35. The van der Waals surface area contributed by atoms with Crippen LogP contribution in [0.5, 0.6) is 0 Å². The van der Waals surface area contributed by atoms with Gasteiger partial charge in [-0.2, -0.15) is 8.78 Å². The maximum atomic E-state index is 16.3. The highest BCUT2D eigenvalue weighted by molar-refractivity contribution is 5.87. The molecule has 1 spiro atoms. The Hall–Kier alpha value is -4.57. The summed E-state index contributed by atoms with van der Waals surface area (Å²) >= 11 is 0. The summed E-state index contributed by atoms with van der Waals surface area (Å²) in [5.41, 5.74) is 5.56. The summed E-state index contributed by atoms with van der Waals surface area (Å²) in [6, 6.07) is 16.7. The molecule has 3 aliphatic carbocycles. The molecule has 256 valence electrons. The molecule has 4 fully saturated rings. The molecule has 2 bridgehead atoms. The minimum atomic E-state index is -3.15. The Morgan fingerprint density at radius 2 is 1.64 bits per heavy atom. The van der Waals surface area contributed by atoms with Crippen LogP contribution in [0.15, 0.2) is 60.8 Å². The van der Waals surface area contributed by atoms with E-state index < -0.39 is 11.5 Å². The number of benzene rings is 3. The van der Waals surface area contributed by atoms with E-state index in [1.165, 1.54) is 12.8 Å². The number of carbonyl (C=O) groups is 1. The number of nitrogens with one attached hydrogen (secondary N) is 3. The number of fused-ring (bicyclic) bond motifs is 6. The third-order valence-corrected chi connectivity index (χ3v) is 11.9. The molecule has 0 radical (unpaired) electrons. The van der Waals surface area contributed by atoms with Crippen molar-refractivity contribution in [1.82, 2.24) is 30.2 Å². The van der Waals surface area contributed by atoms with Gasteiger partial charge < -0.3 is 20.0 Å².